The highest BCUT2D eigenvalue weighted by molar-refractivity contribution is 5.98. The standard InChI is InChI=1S/C16H23FN4O2.ClH/c1-2-3-4-11(10-18)20-15(22)13-9-12(5-6-14(13)17)21-8-7-19-16(21)23;/h5-6,9,11H,2-4,7-8,10,18H2,1H3,(H,19,23)(H,20,22);1H. The number of benzene rings is 1. The van der Waals surface area contributed by atoms with E-state index in [1.54, 1.807) is 0 Å². The van der Waals surface area contributed by atoms with Crippen LogP contribution in [-0.2, 0) is 0 Å². The molecule has 0 bridgehead atoms. The monoisotopic (exact) mass is 358 g/mol. The molecule has 0 radical (unpaired) electrons. The first-order chi connectivity index (χ1) is 11.1. The largest absolute Gasteiger partial charge is 0.348 e. The number of amides is 3. The van der Waals surface area contributed by atoms with Crippen molar-refractivity contribution in [2.24, 2.45) is 5.73 Å². The molecule has 0 saturated carbocycles. The van der Waals surface area contributed by atoms with Crippen LogP contribution in [0.5, 0.6) is 0 Å². The number of hydrogen-bond donors (Lipinski definition) is 3. The molecule has 134 valence electrons. The van der Waals surface area contributed by atoms with Crippen molar-refractivity contribution >= 4 is 30.0 Å². The number of hydrogen-bond acceptors (Lipinski definition) is 3. The second-order valence-electron chi connectivity index (χ2n) is 5.60. The molecule has 1 saturated heterocycles. The lowest BCUT2D eigenvalue weighted by molar-refractivity contribution is 0.0931. The molecule has 2 rings (SSSR count). The van der Waals surface area contributed by atoms with Crippen molar-refractivity contribution in [3.05, 3.63) is 29.6 Å². The Balaban J connectivity index is 0.00000288. The van der Waals surface area contributed by atoms with Gasteiger partial charge in [-0.05, 0) is 24.6 Å². The van der Waals surface area contributed by atoms with Gasteiger partial charge in [-0.15, -0.1) is 12.4 Å². The van der Waals surface area contributed by atoms with Crippen LogP contribution in [-0.4, -0.2) is 37.6 Å². The Morgan fingerprint density at radius 3 is 2.83 bits per heavy atom. The summed E-state index contributed by atoms with van der Waals surface area (Å²) in [5.74, 6) is -1.12. The van der Waals surface area contributed by atoms with Crippen LogP contribution >= 0.6 is 12.4 Å². The van der Waals surface area contributed by atoms with Crippen LogP contribution in [0.15, 0.2) is 18.2 Å². The smallest absolute Gasteiger partial charge is 0.321 e. The fraction of sp³-hybridized carbons (Fsp3) is 0.500. The van der Waals surface area contributed by atoms with Gasteiger partial charge >= 0.3 is 6.03 Å². The van der Waals surface area contributed by atoms with E-state index in [0.29, 0.717) is 25.3 Å². The van der Waals surface area contributed by atoms with Crippen molar-refractivity contribution in [2.45, 2.75) is 32.2 Å². The van der Waals surface area contributed by atoms with Gasteiger partial charge < -0.3 is 16.4 Å². The average molecular weight is 359 g/mol. The maximum absolute atomic E-state index is 14.0. The lowest BCUT2D eigenvalue weighted by Crippen LogP contribution is -2.40. The first-order valence-electron chi connectivity index (χ1n) is 7.92. The molecule has 0 aromatic heterocycles. The normalized spacial score (nSPS) is 14.8. The highest BCUT2D eigenvalue weighted by Crippen LogP contribution is 2.20. The Labute approximate surface area is 147 Å². The zero-order chi connectivity index (χ0) is 16.8. The van der Waals surface area contributed by atoms with Crippen LogP contribution < -0.4 is 21.3 Å². The Kier molecular flexibility index (Phi) is 7.94. The average Bonchev–Trinajstić information content (AvgIpc) is 2.97. The summed E-state index contributed by atoms with van der Waals surface area (Å²) in [6, 6.07) is 3.68. The summed E-state index contributed by atoms with van der Waals surface area (Å²) in [6.07, 6.45) is 2.70. The van der Waals surface area contributed by atoms with E-state index in [-0.39, 0.29) is 30.0 Å². The molecule has 0 aliphatic carbocycles. The van der Waals surface area contributed by atoms with E-state index in [2.05, 4.69) is 17.6 Å². The van der Waals surface area contributed by atoms with E-state index in [0.717, 1.165) is 19.3 Å². The van der Waals surface area contributed by atoms with Gasteiger partial charge in [-0.1, -0.05) is 19.8 Å². The third-order valence-corrected chi connectivity index (χ3v) is 3.89. The predicted molar refractivity (Wildman–Crippen MR) is 94.2 cm³/mol. The molecule has 6 nitrogen and oxygen atoms in total. The summed E-state index contributed by atoms with van der Waals surface area (Å²) < 4.78 is 14.0. The Morgan fingerprint density at radius 1 is 1.50 bits per heavy atom. The number of carbonyl (C=O) groups is 2. The van der Waals surface area contributed by atoms with Gasteiger partial charge in [0.25, 0.3) is 5.91 Å². The van der Waals surface area contributed by atoms with Crippen LogP contribution in [0.3, 0.4) is 0 Å². The topological polar surface area (TPSA) is 87.5 Å². The molecule has 1 aromatic rings. The number of halogens is 2. The van der Waals surface area contributed by atoms with E-state index in [1.165, 1.54) is 23.1 Å². The molecule has 1 aliphatic heterocycles. The zero-order valence-electron chi connectivity index (χ0n) is 13.7. The number of rotatable bonds is 7. The number of nitrogens with zero attached hydrogens (tertiary/aromatic N) is 1. The molecule has 1 aromatic carbocycles. The number of unbranched alkanes of at least 4 members (excludes halogenated alkanes) is 1. The van der Waals surface area contributed by atoms with Crippen LogP contribution in [0.4, 0.5) is 14.9 Å². The second kappa shape index (κ2) is 9.44. The lowest BCUT2D eigenvalue weighted by atomic mass is 10.1. The summed E-state index contributed by atoms with van der Waals surface area (Å²) in [6.45, 7) is 3.39. The number of nitrogens with two attached hydrogens (primary N) is 1. The van der Waals surface area contributed by atoms with Gasteiger partial charge in [-0.3, -0.25) is 9.69 Å². The second-order valence-corrected chi connectivity index (χ2v) is 5.60. The predicted octanol–water partition coefficient (Wildman–Crippen LogP) is 2.02. The highest BCUT2D eigenvalue weighted by Gasteiger charge is 2.23. The van der Waals surface area contributed by atoms with Gasteiger partial charge in [0.15, 0.2) is 0 Å². The summed E-state index contributed by atoms with van der Waals surface area (Å²) in [7, 11) is 0. The third-order valence-electron chi connectivity index (χ3n) is 3.89. The molecule has 1 aliphatic rings. The molecule has 0 spiro atoms. The van der Waals surface area contributed by atoms with E-state index in [1.807, 2.05) is 0 Å². The minimum atomic E-state index is -0.614. The first-order valence-corrected chi connectivity index (χ1v) is 7.92. The van der Waals surface area contributed by atoms with Crippen LogP contribution in [0.2, 0.25) is 0 Å². The Hall–Kier alpha value is -1.86. The quantitative estimate of drug-likeness (QED) is 0.696. The molecule has 1 unspecified atom stereocenters. The van der Waals surface area contributed by atoms with Crippen LogP contribution in [0.1, 0.15) is 36.5 Å². The molecule has 1 heterocycles. The zero-order valence-corrected chi connectivity index (χ0v) is 14.5. The lowest BCUT2D eigenvalue weighted by Gasteiger charge is -2.18. The molecular weight excluding hydrogens is 335 g/mol. The molecular formula is C16H24ClFN4O2. The van der Waals surface area contributed by atoms with Crippen LogP contribution in [0, 0.1) is 5.82 Å². The number of anilines is 1. The summed E-state index contributed by atoms with van der Waals surface area (Å²) in [5.41, 5.74) is 6.09. The van der Waals surface area contributed by atoms with Crippen molar-refractivity contribution in [3.8, 4) is 0 Å². The minimum Gasteiger partial charge on any atom is -0.348 e. The molecule has 3 amide bonds. The molecule has 8 heteroatoms. The number of nitrogens with one attached hydrogen (secondary N) is 2. The minimum absolute atomic E-state index is 0. The summed E-state index contributed by atoms with van der Waals surface area (Å²) in [4.78, 5) is 25.5. The van der Waals surface area contributed by atoms with Crippen molar-refractivity contribution in [3.63, 3.8) is 0 Å². The van der Waals surface area contributed by atoms with Crippen LogP contribution in [0.25, 0.3) is 0 Å². The summed E-state index contributed by atoms with van der Waals surface area (Å²) in [5, 5.41) is 5.44. The van der Waals surface area contributed by atoms with Gasteiger partial charge in [0.1, 0.15) is 5.82 Å². The fourth-order valence-electron chi connectivity index (χ4n) is 2.54. The molecule has 1 fully saturated rings. The van der Waals surface area contributed by atoms with Gasteiger partial charge in [0.2, 0.25) is 0 Å². The SMILES string of the molecule is CCCCC(CN)NC(=O)c1cc(N2CCNC2=O)ccc1F.Cl. The number of urea groups is 1. The van der Waals surface area contributed by atoms with E-state index in [9.17, 15) is 14.0 Å². The van der Waals surface area contributed by atoms with Crippen molar-refractivity contribution in [1.82, 2.24) is 10.6 Å². The van der Waals surface area contributed by atoms with Crippen molar-refractivity contribution in [2.75, 3.05) is 24.5 Å². The molecule has 4 N–H and O–H groups in total. The van der Waals surface area contributed by atoms with Gasteiger partial charge in [0.05, 0.1) is 5.56 Å². The van der Waals surface area contributed by atoms with Gasteiger partial charge in [-0.25, -0.2) is 9.18 Å². The van der Waals surface area contributed by atoms with Gasteiger partial charge in [0, 0.05) is 31.4 Å². The van der Waals surface area contributed by atoms with Crippen molar-refractivity contribution in [1.29, 1.82) is 0 Å². The third kappa shape index (κ3) is 4.82. The van der Waals surface area contributed by atoms with Crippen molar-refractivity contribution < 1.29 is 14.0 Å². The maximum Gasteiger partial charge on any atom is 0.321 e. The fourth-order valence-corrected chi connectivity index (χ4v) is 2.54. The van der Waals surface area contributed by atoms with E-state index in [4.69, 9.17) is 5.73 Å². The summed E-state index contributed by atoms with van der Waals surface area (Å²) >= 11 is 0. The van der Waals surface area contributed by atoms with Gasteiger partial charge in [-0.2, -0.15) is 0 Å². The number of carbonyl (C=O) groups excluding carboxylic acids is 2. The highest BCUT2D eigenvalue weighted by atomic mass is 35.5. The first kappa shape index (κ1) is 20.2. The molecule has 24 heavy (non-hydrogen) atoms. The molecule has 1 atom stereocenters. The Morgan fingerprint density at radius 2 is 2.25 bits per heavy atom. The van der Waals surface area contributed by atoms with E-state index >= 15 is 0 Å². The Bertz CT molecular complexity index is 585. The maximum atomic E-state index is 14.0. The van der Waals surface area contributed by atoms with E-state index < -0.39 is 11.7 Å².